The van der Waals surface area contributed by atoms with Crippen LogP contribution in [0, 0.1) is 0 Å². The first kappa shape index (κ1) is 14.0. The number of benzene rings is 1. The maximum atomic E-state index is 10.1. The molecule has 74 valence electrons. The number of carboxylic acids is 1. The van der Waals surface area contributed by atoms with Crippen LogP contribution in [0.2, 0.25) is 0 Å². The molecule has 0 saturated heterocycles. The van der Waals surface area contributed by atoms with Gasteiger partial charge in [0.2, 0.25) is 0 Å². The number of phenolic OH excluding ortho intramolecular Hbond substituents is 1. The number of carboxylic acid groups (broad SMARTS) is 1. The van der Waals surface area contributed by atoms with E-state index in [0.29, 0.717) is 11.3 Å². The fourth-order valence-electron chi connectivity index (χ4n) is 0.975. The fourth-order valence-corrected chi connectivity index (χ4v) is 0.975. The molecule has 0 amide bonds. The van der Waals surface area contributed by atoms with Crippen molar-refractivity contribution in [3.63, 3.8) is 0 Å². The number of carbonyl (C=O) groups is 1. The summed E-state index contributed by atoms with van der Waals surface area (Å²) in [4.78, 5) is 10.1. The summed E-state index contributed by atoms with van der Waals surface area (Å²) in [6.45, 7) is 0. The van der Waals surface area contributed by atoms with Crippen molar-refractivity contribution in [3.05, 3.63) is 29.8 Å². The standard InChI is InChI=1S/C10H10O4.Na/c1-14-9-4-2-7(6-8(9)11)3-5-10(12)13;/h2-6,11H,1H3,(H,12,13);/q;+1/p-1/b5-3+;. The zero-order chi connectivity index (χ0) is 10.6. The van der Waals surface area contributed by atoms with Crippen molar-refractivity contribution in [2.24, 2.45) is 0 Å². The Morgan fingerprint density at radius 1 is 1.53 bits per heavy atom. The molecule has 0 unspecified atom stereocenters. The summed E-state index contributed by atoms with van der Waals surface area (Å²) in [5.41, 5.74) is 0.563. The van der Waals surface area contributed by atoms with Crippen molar-refractivity contribution in [2.75, 3.05) is 7.11 Å². The Morgan fingerprint density at radius 3 is 2.67 bits per heavy atom. The number of methoxy groups -OCH3 is 1. The summed E-state index contributed by atoms with van der Waals surface area (Å²) in [7, 11) is 1.44. The Kier molecular flexibility index (Phi) is 6.08. The van der Waals surface area contributed by atoms with Gasteiger partial charge in [-0.3, -0.25) is 0 Å². The first-order valence-corrected chi connectivity index (χ1v) is 3.89. The first-order valence-electron chi connectivity index (χ1n) is 3.89. The van der Waals surface area contributed by atoms with Crippen LogP contribution in [0.25, 0.3) is 6.08 Å². The molecule has 0 heterocycles. The number of carbonyl (C=O) groups excluding carboxylic acids is 1. The molecule has 15 heavy (non-hydrogen) atoms. The molecule has 0 aromatic heterocycles. The third-order valence-corrected chi connectivity index (χ3v) is 1.61. The molecule has 0 aliphatic heterocycles. The van der Waals surface area contributed by atoms with Gasteiger partial charge in [0.25, 0.3) is 0 Å². The Hall–Kier alpha value is -0.970. The molecule has 0 spiro atoms. The van der Waals surface area contributed by atoms with E-state index in [2.05, 4.69) is 0 Å². The minimum Gasteiger partial charge on any atom is -0.545 e. The third kappa shape index (κ3) is 4.38. The Balaban J connectivity index is 0.00000196. The van der Waals surface area contributed by atoms with Crippen LogP contribution in [0.1, 0.15) is 5.56 Å². The van der Waals surface area contributed by atoms with Crippen molar-refractivity contribution >= 4 is 12.0 Å². The summed E-state index contributed by atoms with van der Waals surface area (Å²) in [5, 5.41) is 19.4. The average Bonchev–Trinajstić information content (AvgIpc) is 2.15. The minimum atomic E-state index is -1.28. The predicted molar refractivity (Wildman–Crippen MR) is 48.7 cm³/mol. The second kappa shape index (κ2) is 6.50. The van der Waals surface area contributed by atoms with E-state index in [0.717, 1.165) is 6.08 Å². The monoisotopic (exact) mass is 216 g/mol. The fraction of sp³-hybridized carbons (Fsp3) is 0.100. The van der Waals surface area contributed by atoms with Crippen LogP contribution in [0.15, 0.2) is 24.3 Å². The Bertz CT molecular complexity index is 374. The van der Waals surface area contributed by atoms with E-state index in [9.17, 15) is 15.0 Å². The van der Waals surface area contributed by atoms with Crippen LogP contribution in [0.5, 0.6) is 11.5 Å². The molecular weight excluding hydrogens is 207 g/mol. The molecule has 5 heteroatoms. The number of hydrogen-bond donors (Lipinski definition) is 1. The number of ether oxygens (including phenoxy) is 1. The Morgan fingerprint density at radius 2 is 2.20 bits per heavy atom. The number of aliphatic carboxylic acids is 1. The van der Waals surface area contributed by atoms with Crippen molar-refractivity contribution in [3.8, 4) is 11.5 Å². The molecular formula is C10H9NaO4. The second-order valence-corrected chi connectivity index (χ2v) is 2.58. The number of aromatic hydroxyl groups is 1. The molecule has 0 bridgehead atoms. The van der Waals surface area contributed by atoms with Crippen molar-refractivity contribution in [1.82, 2.24) is 0 Å². The van der Waals surface area contributed by atoms with Gasteiger partial charge in [-0.05, 0) is 23.8 Å². The summed E-state index contributed by atoms with van der Waals surface area (Å²) in [6.07, 6.45) is 2.22. The van der Waals surface area contributed by atoms with Gasteiger partial charge in [-0.1, -0.05) is 12.1 Å². The number of rotatable bonds is 3. The maximum Gasteiger partial charge on any atom is 1.00 e. The van der Waals surface area contributed by atoms with Crippen LogP contribution in [-0.4, -0.2) is 18.2 Å². The van der Waals surface area contributed by atoms with Gasteiger partial charge in [0.1, 0.15) is 0 Å². The van der Waals surface area contributed by atoms with E-state index in [4.69, 9.17) is 4.74 Å². The van der Waals surface area contributed by atoms with Gasteiger partial charge in [-0.15, -0.1) is 0 Å². The van der Waals surface area contributed by atoms with Crippen LogP contribution < -0.4 is 39.4 Å². The Labute approximate surface area is 109 Å². The van der Waals surface area contributed by atoms with Gasteiger partial charge in [0.05, 0.1) is 13.1 Å². The normalized spacial score (nSPS) is 9.67. The molecule has 4 nitrogen and oxygen atoms in total. The minimum absolute atomic E-state index is 0. The van der Waals surface area contributed by atoms with E-state index >= 15 is 0 Å². The van der Waals surface area contributed by atoms with E-state index in [1.54, 1.807) is 12.1 Å². The first-order chi connectivity index (χ1) is 6.63. The number of hydrogen-bond acceptors (Lipinski definition) is 4. The molecule has 0 radical (unpaired) electrons. The predicted octanol–water partition coefficient (Wildman–Crippen LogP) is -2.83. The SMILES string of the molecule is COc1ccc(/C=C/C(=O)[O-])cc1O.[Na+]. The third-order valence-electron chi connectivity index (χ3n) is 1.61. The topological polar surface area (TPSA) is 69.6 Å². The zero-order valence-electron chi connectivity index (χ0n) is 8.56. The molecule has 1 aromatic carbocycles. The molecule has 0 fully saturated rings. The zero-order valence-corrected chi connectivity index (χ0v) is 10.6. The molecule has 1 rings (SSSR count). The molecule has 0 atom stereocenters. The van der Waals surface area contributed by atoms with Crippen LogP contribution in [-0.2, 0) is 4.79 Å². The van der Waals surface area contributed by atoms with Gasteiger partial charge < -0.3 is 19.7 Å². The average molecular weight is 216 g/mol. The van der Waals surface area contributed by atoms with Crippen molar-refractivity contribution in [1.29, 1.82) is 0 Å². The maximum absolute atomic E-state index is 10.1. The van der Waals surface area contributed by atoms with Gasteiger partial charge in [-0.25, -0.2) is 0 Å². The molecule has 1 aromatic rings. The van der Waals surface area contributed by atoms with E-state index < -0.39 is 5.97 Å². The molecule has 0 aliphatic rings. The van der Waals surface area contributed by atoms with E-state index in [1.807, 2.05) is 0 Å². The van der Waals surface area contributed by atoms with Crippen LogP contribution in [0.3, 0.4) is 0 Å². The molecule has 0 aliphatic carbocycles. The summed E-state index contributed by atoms with van der Waals surface area (Å²) in [5.74, 6) is -0.969. The largest absolute Gasteiger partial charge is 1.00 e. The van der Waals surface area contributed by atoms with Crippen molar-refractivity contribution in [2.45, 2.75) is 0 Å². The van der Waals surface area contributed by atoms with Gasteiger partial charge in [0.15, 0.2) is 11.5 Å². The van der Waals surface area contributed by atoms with E-state index in [1.165, 1.54) is 19.3 Å². The summed E-state index contributed by atoms with van der Waals surface area (Å²) >= 11 is 0. The van der Waals surface area contributed by atoms with Gasteiger partial charge in [-0.2, -0.15) is 0 Å². The summed E-state index contributed by atoms with van der Waals surface area (Å²) in [6, 6.07) is 4.57. The molecule has 0 saturated carbocycles. The van der Waals surface area contributed by atoms with Crippen molar-refractivity contribution < 1.29 is 49.3 Å². The van der Waals surface area contributed by atoms with Crippen LogP contribution in [0.4, 0.5) is 0 Å². The van der Waals surface area contributed by atoms with Gasteiger partial charge in [0, 0.05) is 0 Å². The van der Waals surface area contributed by atoms with Crippen LogP contribution >= 0.6 is 0 Å². The summed E-state index contributed by atoms with van der Waals surface area (Å²) < 4.78 is 4.82. The quantitative estimate of drug-likeness (QED) is 0.436. The number of phenols is 1. The van der Waals surface area contributed by atoms with E-state index in [-0.39, 0.29) is 35.3 Å². The second-order valence-electron chi connectivity index (χ2n) is 2.58. The van der Waals surface area contributed by atoms with Gasteiger partial charge >= 0.3 is 29.6 Å². The smallest absolute Gasteiger partial charge is 0.545 e. The molecule has 1 N–H and O–H groups in total.